The Morgan fingerprint density at radius 2 is 2.00 bits per heavy atom. The molecule has 5 heteroatoms. The Morgan fingerprint density at radius 3 is 2.77 bits per heavy atom. The number of hydrogen-bond acceptors (Lipinski definition) is 4. The fraction of sp³-hybridized carbons (Fsp3) is 0.808. The van der Waals surface area contributed by atoms with E-state index in [1.165, 1.54) is 32.1 Å². The first-order valence-corrected chi connectivity index (χ1v) is 12.5. The van der Waals surface area contributed by atoms with E-state index in [2.05, 4.69) is 18.1 Å². The molecular weight excluding hydrogens is 386 g/mol. The summed E-state index contributed by atoms with van der Waals surface area (Å²) in [5, 5.41) is 24.0. The molecule has 168 valence electrons. The highest BCUT2D eigenvalue weighted by atomic mass is 16.3. The fourth-order valence-electron chi connectivity index (χ4n) is 8.63. The van der Waals surface area contributed by atoms with Crippen molar-refractivity contribution in [2.24, 2.45) is 40.9 Å². The second kappa shape index (κ2) is 7.73. The van der Waals surface area contributed by atoms with Crippen LogP contribution in [-0.2, 0) is 11.3 Å². The number of carbonyl (C=O) groups excluding carboxylic acids is 1. The van der Waals surface area contributed by atoms with Crippen molar-refractivity contribution in [1.82, 2.24) is 9.78 Å². The molecule has 8 atom stereocenters. The maximum Gasteiger partial charge on any atom is 0.157 e. The summed E-state index contributed by atoms with van der Waals surface area (Å²) in [6.45, 7) is 4.74. The van der Waals surface area contributed by atoms with Crippen LogP contribution in [0.15, 0.2) is 12.4 Å². The molecule has 1 aromatic rings. The molecule has 0 bridgehead atoms. The predicted octanol–water partition coefficient (Wildman–Crippen LogP) is 4.73. The lowest BCUT2D eigenvalue weighted by Crippen LogP contribution is -2.48. The third kappa shape index (κ3) is 3.65. The lowest BCUT2D eigenvalue weighted by atomic mass is 9.50. The van der Waals surface area contributed by atoms with E-state index in [1.807, 2.05) is 6.92 Å². The van der Waals surface area contributed by atoms with Gasteiger partial charge in [0.05, 0.1) is 23.9 Å². The van der Waals surface area contributed by atoms with Crippen LogP contribution in [0.2, 0.25) is 0 Å². The number of aliphatic hydroxyl groups is 1. The smallest absolute Gasteiger partial charge is 0.157 e. The van der Waals surface area contributed by atoms with Crippen LogP contribution >= 0.6 is 0 Å². The minimum Gasteiger partial charge on any atom is -0.390 e. The van der Waals surface area contributed by atoms with Gasteiger partial charge in [-0.15, -0.1) is 0 Å². The Hall–Kier alpha value is -1.67. The first kappa shape index (κ1) is 21.2. The largest absolute Gasteiger partial charge is 0.390 e. The number of carbonyl (C=O) groups is 1. The monoisotopic (exact) mass is 423 g/mol. The van der Waals surface area contributed by atoms with Crippen LogP contribution in [0.1, 0.15) is 83.6 Å². The van der Waals surface area contributed by atoms with Crippen LogP contribution in [0.4, 0.5) is 0 Å². The van der Waals surface area contributed by atoms with Gasteiger partial charge in [-0.05, 0) is 99.7 Å². The van der Waals surface area contributed by atoms with E-state index in [-0.39, 0.29) is 11.3 Å². The lowest BCUT2D eigenvalue weighted by molar-refractivity contribution is -0.131. The topological polar surface area (TPSA) is 78.9 Å². The van der Waals surface area contributed by atoms with E-state index in [0.717, 1.165) is 49.9 Å². The molecule has 1 N–H and O–H groups in total. The molecule has 0 unspecified atom stereocenters. The summed E-state index contributed by atoms with van der Waals surface area (Å²) in [4.78, 5) is 13.3. The van der Waals surface area contributed by atoms with Crippen molar-refractivity contribution in [1.29, 1.82) is 5.26 Å². The molecule has 0 amide bonds. The van der Waals surface area contributed by atoms with Gasteiger partial charge in [0.25, 0.3) is 0 Å². The average molecular weight is 424 g/mol. The first-order chi connectivity index (χ1) is 14.8. The molecule has 1 aromatic heterocycles. The van der Waals surface area contributed by atoms with Crippen LogP contribution in [0.5, 0.6) is 0 Å². The van der Waals surface area contributed by atoms with Crippen molar-refractivity contribution in [3.8, 4) is 6.07 Å². The second-order valence-corrected chi connectivity index (χ2v) is 11.7. The van der Waals surface area contributed by atoms with Crippen molar-refractivity contribution < 1.29 is 9.90 Å². The van der Waals surface area contributed by atoms with E-state index in [0.29, 0.717) is 29.7 Å². The van der Waals surface area contributed by atoms with Crippen molar-refractivity contribution in [2.45, 2.75) is 90.2 Å². The van der Waals surface area contributed by atoms with Gasteiger partial charge in [-0.2, -0.15) is 10.4 Å². The number of aromatic nitrogens is 2. The number of Topliss-reactive ketones (excluding diaryl/α,β-unsaturated/α-hetero) is 1. The predicted molar refractivity (Wildman–Crippen MR) is 118 cm³/mol. The molecule has 4 fully saturated rings. The van der Waals surface area contributed by atoms with Gasteiger partial charge in [-0.3, -0.25) is 9.48 Å². The molecule has 4 aliphatic carbocycles. The van der Waals surface area contributed by atoms with Crippen molar-refractivity contribution in [3.05, 3.63) is 18.0 Å². The van der Waals surface area contributed by atoms with Crippen molar-refractivity contribution in [3.63, 3.8) is 0 Å². The number of ketones is 1. The molecule has 0 radical (unpaired) electrons. The summed E-state index contributed by atoms with van der Waals surface area (Å²) < 4.78 is 1.64. The summed E-state index contributed by atoms with van der Waals surface area (Å²) in [5.74, 6) is 4.12. The molecule has 5 rings (SSSR count). The molecule has 31 heavy (non-hydrogen) atoms. The highest BCUT2D eigenvalue weighted by molar-refractivity contribution is 5.82. The zero-order chi connectivity index (χ0) is 21.8. The van der Waals surface area contributed by atoms with E-state index in [9.17, 15) is 9.90 Å². The highest BCUT2D eigenvalue weighted by Gasteiger charge is 2.58. The normalized spacial score (nSPS) is 44.5. The summed E-state index contributed by atoms with van der Waals surface area (Å²) >= 11 is 0. The Balaban J connectivity index is 1.31. The van der Waals surface area contributed by atoms with Gasteiger partial charge in [0.2, 0.25) is 0 Å². The van der Waals surface area contributed by atoms with Gasteiger partial charge >= 0.3 is 0 Å². The van der Waals surface area contributed by atoms with E-state index < -0.39 is 5.60 Å². The van der Waals surface area contributed by atoms with Gasteiger partial charge in [-0.25, -0.2) is 0 Å². The van der Waals surface area contributed by atoms with Crippen molar-refractivity contribution in [2.75, 3.05) is 0 Å². The molecular formula is C26H37N3O2. The Bertz CT molecular complexity index is 883. The summed E-state index contributed by atoms with van der Waals surface area (Å²) in [5.41, 5.74) is 0.160. The number of hydrogen-bond donors (Lipinski definition) is 1. The summed E-state index contributed by atoms with van der Waals surface area (Å²) in [6, 6.07) is 2.10. The van der Waals surface area contributed by atoms with E-state index >= 15 is 0 Å². The third-order valence-electron chi connectivity index (χ3n) is 9.94. The summed E-state index contributed by atoms with van der Waals surface area (Å²) in [6.07, 6.45) is 14.8. The van der Waals surface area contributed by atoms with Crippen LogP contribution in [0.3, 0.4) is 0 Å². The van der Waals surface area contributed by atoms with Gasteiger partial charge in [0.15, 0.2) is 5.78 Å². The standard InChI is InChI=1S/C26H37N3O2/c1-25(31)10-3-4-19-18(12-25)5-6-21-20(19)9-11-26(2)22(21)7-8-23(26)24(30)16-29-15-17(13-27)14-28-29/h14-15,18-23,31H,3-12,16H2,1-2H3/t18-,19+,20-,21-,22+,23-,25+,26+/m1/s1. The molecule has 5 nitrogen and oxygen atoms in total. The molecule has 0 aromatic carbocycles. The Labute approximate surface area is 186 Å². The number of nitrogens with zero attached hydrogens (tertiary/aromatic N) is 3. The highest BCUT2D eigenvalue weighted by Crippen LogP contribution is 2.64. The molecule has 4 saturated carbocycles. The fourth-order valence-corrected chi connectivity index (χ4v) is 8.63. The number of rotatable bonds is 3. The van der Waals surface area contributed by atoms with Gasteiger partial charge in [-0.1, -0.05) is 13.3 Å². The molecule has 0 aliphatic heterocycles. The third-order valence-corrected chi connectivity index (χ3v) is 9.94. The lowest BCUT2D eigenvalue weighted by Gasteiger charge is -2.54. The molecule has 0 spiro atoms. The van der Waals surface area contributed by atoms with E-state index in [4.69, 9.17) is 5.26 Å². The molecule has 4 aliphatic rings. The number of fused-ring (bicyclic) bond motifs is 5. The molecule has 0 saturated heterocycles. The number of nitriles is 1. The SMILES string of the molecule is C[C@]1(O)CCC[C@H]2[C@H](CC[C@@H]3[C@@H]2CC[C@]2(C)[C@@H](C(=O)Cn4cc(C#N)cn4)CC[C@@H]32)C1. The maximum absolute atomic E-state index is 13.3. The van der Waals surface area contributed by atoms with Gasteiger partial charge in [0.1, 0.15) is 6.07 Å². The zero-order valence-electron chi connectivity index (χ0n) is 19.1. The molecule has 1 heterocycles. The van der Waals surface area contributed by atoms with Crippen LogP contribution < -0.4 is 0 Å². The zero-order valence-corrected chi connectivity index (χ0v) is 19.1. The maximum atomic E-state index is 13.3. The Morgan fingerprint density at radius 1 is 1.16 bits per heavy atom. The first-order valence-electron chi connectivity index (χ1n) is 12.5. The van der Waals surface area contributed by atoms with Crippen molar-refractivity contribution >= 4 is 5.78 Å². The van der Waals surface area contributed by atoms with Gasteiger partial charge in [0, 0.05) is 12.1 Å². The Kier molecular flexibility index (Phi) is 5.28. The quantitative estimate of drug-likeness (QED) is 0.762. The minimum absolute atomic E-state index is 0.118. The van der Waals surface area contributed by atoms with Crippen LogP contribution in [-0.4, -0.2) is 26.3 Å². The second-order valence-electron chi connectivity index (χ2n) is 11.7. The summed E-state index contributed by atoms with van der Waals surface area (Å²) in [7, 11) is 0. The van der Waals surface area contributed by atoms with Crippen LogP contribution in [0.25, 0.3) is 0 Å². The van der Waals surface area contributed by atoms with Crippen LogP contribution in [0, 0.1) is 52.3 Å². The van der Waals surface area contributed by atoms with E-state index in [1.54, 1.807) is 17.1 Å². The average Bonchev–Trinajstić information content (AvgIpc) is 3.28. The van der Waals surface area contributed by atoms with Gasteiger partial charge < -0.3 is 5.11 Å². The minimum atomic E-state index is -0.474.